The zero-order chi connectivity index (χ0) is 15.4. The lowest BCUT2D eigenvalue weighted by molar-refractivity contribution is 0.151. The molecule has 21 heavy (non-hydrogen) atoms. The maximum atomic E-state index is 13.2. The van der Waals surface area contributed by atoms with E-state index in [-0.39, 0.29) is 12.1 Å². The predicted octanol–water partition coefficient (Wildman–Crippen LogP) is 4.53. The normalized spacial score (nSPS) is 12.5. The Morgan fingerprint density at radius 2 is 1.81 bits per heavy atom. The summed E-state index contributed by atoms with van der Waals surface area (Å²) >= 11 is 5.98. The largest absolute Gasteiger partial charge is 0.376 e. The van der Waals surface area contributed by atoms with Crippen LogP contribution in [0.25, 0.3) is 0 Å². The lowest BCUT2D eigenvalue weighted by Crippen LogP contribution is -2.21. The van der Waals surface area contributed by atoms with Crippen molar-refractivity contribution in [3.05, 3.63) is 64.4 Å². The van der Waals surface area contributed by atoms with Gasteiger partial charge in [-0.05, 0) is 29.8 Å². The van der Waals surface area contributed by atoms with Crippen molar-refractivity contribution in [2.75, 3.05) is 11.9 Å². The van der Waals surface area contributed by atoms with Gasteiger partial charge in [-0.3, -0.25) is 0 Å². The highest BCUT2D eigenvalue weighted by Gasteiger charge is 2.14. The van der Waals surface area contributed by atoms with Crippen LogP contribution in [0.1, 0.15) is 23.6 Å². The summed E-state index contributed by atoms with van der Waals surface area (Å²) < 4.78 is 38.7. The van der Waals surface area contributed by atoms with Gasteiger partial charge in [-0.15, -0.1) is 0 Å². The molecule has 0 aliphatic rings. The number of nitrogens with one attached hydrogen (secondary N) is 1. The molecule has 0 fully saturated rings. The van der Waals surface area contributed by atoms with E-state index in [4.69, 9.17) is 17.3 Å². The second-order valence-electron chi connectivity index (χ2n) is 4.53. The van der Waals surface area contributed by atoms with Crippen LogP contribution in [-0.2, 0) is 0 Å². The molecule has 2 rings (SSSR count). The second-order valence-corrected chi connectivity index (χ2v) is 4.93. The van der Waals surface area contributed by atoms with Crippen LogP contribution in [0.3, 0.4) is 0 Å². The summed E-state index contributed by atoms with van der Waals surface area (Å²) in [5.74, 6) is -0.445. The van der Waals surface area contributed by atoms with Crippen LogP contribution in [0.4, 0.5) is 18.9 Å². The van der Waals surface area contributed by atoms with Crippen LogP contribution < -0.4 is 11.1 Å². The third-order valence-electron chi connectivity index (χ3n) is 3.06. The molecule has 0 aliphatic heterocycles. The van der Waals surface area contributed by atoms with E-state index in [1.54, 1.807) is 6.07 Å². The minimum atomic E-state index is -2.55. The van der Waals surface area contributed by atoms with Gasteiger partial charge in [0.25, 0.3) is 6.43 Å². The van der Waals surface area contributed by atoms with E-state index in [0.29, 0.717) is 16.3 Å². The van der Waals surface area contributed by atoms with Gasteiger partial charge < -0.3 is 11.1 Å². The summed E-state index contributed by atoms with van der Waals surface area (Å²) in [6, 6.07) is 9.40. The fourth-order valence-corrected chi connectivity index (χ4v) is 2.16. The van der Waals surface area contributed by atoms with Gasteiger partial charge in [0, 0.05) is 12.1 Å². The number of rotatable bonds is 5. The van der Waals surface area contributed by atoms with Crippen molar-refractivity contribution in [3.8, 4) is 0 Å². The SMILES string of the molecule is NCC(Nc1cc(F)ccc1Cl)c1cccc(C(F)F)c1. The van der Waals surface area contributed by atoms with Gasteiger partial charge in [0.15, 0.2) is 0 Å². The number of hydrogen-bond acceptors (Lipinski definition) is 2. The van der Waals surface area contributed by atoms with Crippen molar-refractivity contribution in [1.29, 1.82) is 0 Å². The molecule has 6 heteroatoms. The number of anilines is 1. The van der Waals surface area contributed by atoms with Crippen molar-refractivity contribution >= 4 is 17.3 Å². The number of hydrogen-bond donors (Lipinski definition) is 2. The van der Waals surface area contributed by atoms with E-state index in [9.17, 15) is 13.2 Å². The molecule has 112 valence electrons. The van der Waals surface area contributed by atoms with Gasteiger partial charge in [0.2, 0.25) is 0 Å². The quantitative estimate of drug-likeness (QED) is 0.851. The Morgan fingerprint density at radius 1 is 1.10 bits per heavy atom. The minimum absolute atomic E-state index is 0.0851. The Balaban J connectivity index is 2.27. The summed E-state index contributed by atoms with van der Waals surface area (Å²) in [6.45, 7) is 0.152. The molecule has 0 bridgehead atoms. The smallest absolute Gasteiger partial charge is 0.263 e. The first-order valence-electron chi connectivity index (χ1n) is 6.31. The van der Waals surface area contributed by atoms with E-state index < -0.39 is 18.3 Å². The van der Waals surface area contributed by atoms with Crippen LogP contribution in [0.5, 0.6) is 0 Å². The van der Waals surface area contributed by atoms with Crippen molar-refractivity contribution < 1.29 is 13.2 Å². The molecular formula is C15H14ClF3N2. The fraction of sp³-hybridized carbons (Fsp3) is 0.200. The Labute approximate surface area is 125 Å². The molecule has 1 atom stereocenters. The van der Waals surface area contributed by atoms with Crippen molar-refractivity contribution in [2.45, 2.75) is 12.5 Å². The Morgan fingerprint density at radius 3 is 2.48 bits per heavy atom. The lowest BCUT2D eigenvalue weighted by Gasteiger charge is -2.20. The topological polar surface area (TPSA) is 38.0 Å². The highest BCUT2D eigenvalue weighted by atomic mass is 35.5. The summed E-state index contributed by atoms with van der Waals surface area (Å²) in [5.41, 5.74) is 6.56. The first-order valence-corrected chi connectivity index (χ1v) is 6.68. The van der Waals surface area contributed by atoms with Crippen LogP contribution in [0.15, 0.2) is 42.5 Å². The molecular weight excluding hydrogens is 301 g/mol. The summed E-state index contributed by atoms with van der Waals surface area (Å²) in [4.78, 5) is 0. The minimum Gasteiger partial charge on any atom is -0.376 e. The molecule has 2 nitrogen and oxygen atoms in total. The number of nitrogens with two attached hydrogens (primary N) is 1. The third kappa shape index (κ3) is 3.89. The zero-order valence-corrected chi connectivity index (χ0v) is 11.7. The second kappa shape index (κ2) is 6.83. The average Bonchev–Trinajstić information content (AvgIpc) is 2.48. The van der Waals surface area contributed by atoms with E-state index in [1.165, 1.54) is 36.4 Å². The van der Waals surface area contributed by atoms with Crippen LogP contribution in [0.2, 0.25) is 5.02 Å². The van der Waals surface area contributed by atoms with Gasteiger partial charge in [0.1, 0.15) is 5.82 Å². The Kier molecular flexibility index (Phi) is 5.09. The van der Waals surface area contributed by atoms with Gasteiger partial charge in [-0.2, -0.15) is 0 Å². The molecule has 0 aromatic heterocycles. The average molecular weight is 315 g/mol. The summed E-state index contributed by atoms with van der Waals surface area (Å²) in [5, 5.41) is 3.31. The van der Waals surface area contributed by atoms with Crippen molar-refractivity contribution in [3.63, 3.8) is 0 Å². The van der Waals surface area contributed by atoms with Crippen LogP contribution in [0, 0.1) is 5.82 Å². The number of benzene rings is 2. The van der Waals surface area contributed by atoms with E-state index in [2.05, 4.69) is 5.32 Å². The summed E-state index contributed by atoms with van der Waals surface area (Å²) in [7, 11) is 0. The fourth-order valence-electron chi connectivity index (χ4n) is 1.99. The van der Waals surface area contributed by atoms with E-state index >= 15 is 0 Å². The Bertz CT molecular complexity index is 620. The number of halogens is 4. The maximum Gasteiger partial charge on any atom is 0.263 e. The standard InChI is InChI=1S/C15H14ClF3N2/c16-12-5-4-11(17)7-13(12)21-14(8-20)9-2-1-3-10(6-9)15(18)19/h1-7,14-15,21H,8,20H2. The molecule has 0 saturated heterocycles. The maximum absolute atomic E-state index is 13.2. The van der Waals surface area contributed by atoms with E-state index in [0.717, 1.165) is 0 Å². The Hall–Kier alpha value is -1.72. The van der Waals surface area contributed by atoms with Gasteiger partial charge in [-0.1, -0.05) is 29.8 Å². The molecule has 0 heterocycles. The molecule has 0 saturated carbocycles. The first-order chi connectivity index (χ1) is 10.0. The zero-order valence-electron chi connectivity index (χ0n) is 11.0. The third-order valence-corrected chi connectivity index (χ3v) is 3.39. The lowest BCUT2D eigenvalue weighted by atomic mass is 10.0. The molecule has 2 aromatic carbocycles. The van der Waals surface area contributed by atoms with Gasteiger partial charge >= 0.3 is 0 Å². The molecule has 1 unspecified atom stereocenters. The van der Waals surface area contributed by atoms with Gasteiger partial charge in [0.05, 0.1) is 16.8 Å². The molecule has 0 amide bonds. The van der Waals surface area contributed by atoms with Crippen LogP contribution >= 0.6 is 11.6 Å². The molecule has 0 radical (unpaired) electrons. The summed E-state index contributed by atoms with van der Waals surface area (Å²) in [6.07, 6.45) is -2.55. The monoisotopic (exact) mass is 314 g/mol. The molecule has 2 aromatic rings. The van der Waals surface area contributed by atoms with E-state index in [1.807, 2.05) is 0 Å². The van der Waals surface area contributed by atoms with Crippen LogP contribution in [-0.4, -0.2) is 6.54 Å². The molecule has 0 spiro atoms. The molecule has 3 N–H and O–H groups in total. The molecule has 0 aliphatic carbocycles. The van der Waals surface area contributed by atoms with Crippen molar-refractivity contribution in [1.82, 2.24) is 0 Å². The highest BCUT2D eigenvalue weighted by molar-refractivity contribution is 6.33. The number of alkyl halides is 2. The van der Waals surface area contributed by atoms with Gasteiger partial charge in [-0.25, -0.2) is 13.2 Å². The van der Waals surface area contributed by atoms with Crippen molar-refractivity contribution in [2.24, 2.45) is 5.73 Å². The predicted molar refractivity (Wildman–Crippen MR) is 78.2 cm³/mol. The highest BCUT2D eigenvalue weighted by Crippen LogP contribution is 2.28. The first kappa shape index (κ1) is 15.7.